The number of carbonyl (C=O) groups is 1. The molecule has 0 fully saturated rings. The van der Waals surface area contributed by atoms with E-state index in [0.717, 1.165) is 0 Å². The average molecular weight is 250 g/mol. The van der Waals surface area contributed by atoms with E-state index >= 15 is 0 Å². The molecule has 102 valence electrons. The second-order valence-electron chi connectivity index (χ2n) is 3.28. The number of hydrogen-bond acceptors (Lipinski definition) is 6. The lowest BCUT2D eigenvalue weighted by Gasteiger charge is -2.15. The van der Waals surface area contributed by atoms with Gasteiger partial charge in [0.05, 0.1) is 19.8 Å². The first-order valence-corrected chi connectivity index (χ1v) is 5.44. The Labute approximate surface area is 101 Å². The van der Waals surface area contributed by atoms with Gasteiger partial charge in [-0.25, -0.2) is 5.84 Å². The fraction of sp³-hybridized carbons (Fsp3) is 0.900. The van der Waals surface area contributed by atoms with E-state index in [2.05, 4.69) is 0 Å². The third-order valence-electron chi connectivity index (χ3n) is 1.94. The topological polar surface area (TPSA) is 92.0 Å². The molecule has 7 nitrogen and oxygen atoms in total. The molecule has 0 rings (SSSR count). The number of nitrogens with two attached hydrogens (primary N) is 1. The summed E-state index contributed by atoms with van der Waals surface area (Å²) in [7, 11) is 3.11. The van der Waals surface area contributed by atoms with Crippen LogP contribution in [0.15, 0.2) is 0 Å². The molecule has 1 unspecified atom stereocenters. The van der Waals surface area contributed by atoms with E-state index in [1.54, 1.807) is 7.11 Å². The highest BCUT2D eigenvalue weighted by Gasteiger charge is 2.17. The first-order valence-electron chi connectivity index (χ1n) is 5.44. The molecule has 0 aliphatic carbocycles. The summed E-state index contributed by atoms with van der Waals surface area (Å²) < 4.78 is 20.2. The minimum atomic E-state index is -0.677. The van der Waals surface area contributed by atoms with Crippen molar-refractivity contribution < 1.29 is 23.7 Å². The number of rotatable bonds is 11. The fourth-order valence-electron chi connectivity index (χ4n) is 1.07. The minimum Gasteiger partial charge on any atom is -0.382 e. The quantitative estimate of drug-likeness (QED) is 0.213. The Morgan fingerprint density at radius 3 is 2.53 bits per heavy atom. The molecular weight excluding hydrogens is 228 g/mol. The monoisotopic (exact) mass is 250 g/mol. The predicted octanol–water partition coefficient (Wildman–Crippen LogP) is -0.939. The van der Waals surface area contributed by atoms with Gasteiger partial charge in [-0.3, -0.25) is 10.2 Å². The summed E-state index contributed by atoms with van der Waals surface area (Å²) in [5.41, 5.74) is 2.03. The van der Waals surface area contributed by atoms with E-state index < -0.39 is 12.0 Å². The maximum Gasteiger partial charge on any atom is 0.265 e. The van der Waals surface area contributed by atoms with Crippen LogP contribution in [0.1, 0.15) is 6.42 Å². The van der Waals surface area contributed by atoms with Crippen LogP contribution in [-0.2, 0) is 23.7 Å². The summed E-state index contributed by atoms with van der Waals surface area (Å²) >= 11 is 0. The predicted molar refractivity (Wildman–Crippen MR) is 61.3 cm³/mol. The number of hydrazine groups is 1. The van der Waals surface area contributed by atoms with Crippen LogP contribution in [0, 0.1) is 0 Å². The molecule has 17 heavy (non-hydrogen) atoms. The smallest absolute Gasteiger partial charge is 0.265 e. The summed E-state index contributed by atoms with van der Waals surface area (Å²) in [5, 5.41) is 0. The number of methoxy groups -OCH3 is 2. The van der Waals surface area contributed by atoms with Crippen molar-refractivity contribution >= 4 is 5.91 Å². The Morgan fingerprint density at radius 1 is 1.18 bits per heavy atom. The van der Waals surface area contributed by atoms with E-state index in [9.17, 15) is 4.79 Å². The van der Waals surface area contributed by atoms with Crippen molar-refractivity contribution in [1.82, 2.24) is 5.43 Å². The molecular formula is C10H22N2O5. The summed E-state index contributed by atoms with van der Waals surface area (Å²) in [5.74, 6) is 4.62. The van der Waals surface area contributed by atoms with Crippen LogP contribution >= 0.6 is 0 Å². The molecule has 0 bridgehead atoms. The van der Waals surface area contributed by atoms with Crippen molar-refractivity contribution in [2.45, 2.75) is 12.5 Å². The van der Waals surface area contributed by atoms with E-state index in [1.807, 2.05) is 5.43 Å². The van der Waals surface area contributed by atoms with Crippen molar-refractivity contribution in [3.05, 3.63) is 0 Å². The molecule has 3 N–H and O–H groups in total. The van der Waals surface area contributed by atoms with Gasteiger partial charge in [-0.15, -0.1) is 0 Å². The summed E-state index contributed by atoms with van der Waals surface area (Å²) in [6, 6.07) is 0. The van der Waals surface area contributed by atoms with Crippen molar-refractivity contribution in [3.63, 3.8) is 0 Å². The number of carbonyl (C=O) groups excluding carboxylic acids is 1. The van der Waals surface area contributed by atoms with E-state index in [4.69, 9.17) is 24.8 Å². The molecule has 0 aromatic heterocycles. The van der Waals surface area contributed by atoms with Gasteiger partial charge in [-0.05, 0) is 6.42 Å². The second kappa shape index (κ2) is 11.7. The van der Waals surface area contributed by atoms with Crippen LogP contribution < -0.4 is 11.3 Å². The first-order chi connectivity index (χ1) is 8.26. The molecule has 0 aromatic carbocycles. The summed E-state index contributed by atoms with van der Waals surface area (Å²) in [6.45, 7) is 2.28. The first kappa shape index (κ1) is 16.3. The van der Waals surface area contributed by atoms with E-state index in [1.165, 1.54) is 7.11 Å². The van der Waals surface area contributed by atoms with Crippen molar-refractivity contribution in [2.75, 3.05) is 47.3 Å². The molecule has 1 amide bonds. The molecule has 0 aliphatic rings. The van der Waals surface area contributed by atoms with Crippen LogP contribution in [0.3, 0.4) is 0 Å². The van der Waals surface area contributed by atoms with E-state index in [0.29, 0.717) is 32.8 Å². The highest BCUT2D eigenvalue weighted by Crippen LogP contribution is 1.95. The lowest BCUT2D eigenvalue weighted by Crippen LogP contribution is -2.43. The number of hydrogen-bond donors (Lipinski definition) is 2. The maximum atomic E-state index is 11.2. The lowest BCUT2D eigenvalue weighted by molar-refractivity contribution is -0.136. The second-order valence-corrected chi connectivity index (χ2v) is 3.28. The molecule has 0 saturated carbocycles. The Hall–Kier alpha value is -0.730. The maximum absolute atomic E-state index is 11.2. The van der Waals surface area contributed by atoms with Crippen molar-refractivity contribution in [1.29, 1.82) is 0 Å². The largest absolute Gasteiger partial charge is 0.382 e. The van der Waals surface area contributed by atoms with Crippen LogP contribution in [0.4, 0.5) is 0 Å². The molecule has 0 saturated heterocycles. The van der Waals surface area contributed by atoms with Crippen LogP contribution in [-0.4, -0.2) is 59.3 Å². The van der Waals surface area contributed by atoms with Gasteiger partial charge in [-0.2, -0.15) is 0 Å². The molecule has 0 aliphatic heterocycles. The molecule has 1 atom stereocenters. The van der Waals surface area contributed by atoms with Crippen LogP contribution in [0.25, 0.3) is 0 Å². The highest BCUT2D eigenvalue weighted by atomic mass is 16.5. The zero-order valence-corrected chi connectivity index (χ0v) is 10.4. The SMILES string of the molecule is COCCOCCCOC(COC)C(=O)NN. The standard InChI is InChI=1S/C10H22N2O5/c1-14-6-7-16-4-3-5-17-9(8-15-2)10(13)12-11/h9H,3-8,11H2,1-2H3,(H,12,13). The van der Waals surface area contributed by atoms with Crippen LogP contribution in [0.2, 0.25) is 0 Å². The molecule has 0 radical (unpaired) electrons. The third-order valence-corrected chi connectivity index (χ3v) is 1.94. The van der Waals surface area contributed by atoms with Crippen LogP contribution in [0.5, 0.6) is 0 Å². The van der Waals surface area contributed by atoms with Gasteiger partial charge in [0.25, 0.3) is 5.91 Å². The molecule has 0 spiro atoms. The third kappa shape index (κ3) is 9.02. The Bertz CT molecular complexity index is 192. The number of amides is 1. The van der Waals surface area contributed by atoms with Gasteiger partial charge >= 0.3 is 0 Å². The van der Waals surface area contributed by atoms with Gasteiger partial charge in [-0.1, -0.05) is 0 Å². The Balaban J connectivity index is 3.51. The van der Waals surface area contributed by atoms with Gasteiger partial charge in [0.15, 0.2) is 6.10 Å². The molecule has 7 heteroatoms. The minimum absolute atomic E-state index is 0.174. The van der Waals surface area contributed by atoms with E-state index in [-0.39, 0.29) is 6.61 Å². The van der Waals surface area contributed by atoms with Gasteiger partial charge in [0.1, 0.15) is 0 Å². The zero-order valence-electron chi connectivity index (χ0n) is 10.4. The highest BCUT2D eigenvalue weighted by molar-refractivity contribution is 5.80. The van der Waals surface area contributed by atoms with Crippen molar-refractivity contribution in [3.8, 4) is 0 Å². The lowest BCUT2D eigenvalue weighted by atomic mass is 10.3. The molecule has 0 heterocycles. The van der Waals surface area contributed by atoms with Crippen molar-refractivity contribution in [2.24, 2.45) is 5.84 Å². The number of nitrogens with one attached hydrogen (secondary N) is 1. The van der Waals surface area contributed by atoms with Gasteiger partial charge in [0.2, 0.25) is 0 Å². The van der Waals surface area contributed by atoms with Gasteiger partial charge in [0, 0.05) is 27.4 Å². The fourth-order valence-corrected chi connectivity index (χ4v) is 1.07. The summed E-state index contributed by atoms with van der Waals surface area (Å²) in [6.07, 6.45) is 0.0193. The van der Waals surface area contributed by atoms with Gasteiger partial charge < -0.3 is 18.9 Å². The normalized spacial score (nSPS) is 12.4. The Kier molecular flexibility index (Phi) is 11.2. The average Bonchev–Trinajstić information content (AvgIpc) is 2.35. The Morgan fingerprint density at radius 2 is 1.94 bits per heavy atom. The summed E-state index contributed by atoms with van der Waals surface area (Å²) in [4.78, 5) is 11.2. The zero-order chi connectivity index (χ0) is 12.9. The molecule has 0 aromatic rings. The number of ether oxygens (including phenoxy) is 4.